The zero-order chi connectivity index (χ0) is 22.9. The highest BCUT2D eigenvalue weighted by Gasteiger charge is 2.29. The van der Waals surface area contributed by atoms with Crippen molar-refractivity contribution in [2.45, 2.75) is 26.5 Å². The maximum Gasteiger partial charge on any atom is 0.269 e. The first-order chi connectivity index (χ1) is 16.0. The summed E-state index contributed by atoms with van der Waals surface area (Å²) in [5.41, 5.74) is 3.69. The van der Waals surface area contributed by atoms with Gasteiger partial charge in [0.2, 0.25) is 0 Å². The molecular weight excluding hydrogens is 425 g/mol. The molecule has 0 aliphatic carbocycles. The lowest BCUT2D eigenvalue weighted by Crippen LogP contribution is -2.54. The molecule has 0 amide bonds. The molecule has 0 spiro atoms. The third kappa shape index (κ3) is 4.34. The Bertz CT molecular complexity index is 1330. The average Bonchev–Trinajstić information content (AvgIpc) is 3.14. The molecule has 9 heteroatoms. The Balaban J connectivity index is 1.27. The molecule has 33 heavy (non-hydrogen) atoms. The van der Waals surface area contributed by atoms with E-state index in [1.807, 2.05) is 30.9 Å². The summed E-state index contributed by atoms with van der Waals surface area (Å²) in [7, 11) is 0. The van der Waals surface area contributed by atoms with Gasteiger partial charge < -0.3 is 14.2 Å². The number of aromatic nitrogens is 4. The summed E-state index contributed by atoms with van der Waals surface area (Å²) in [5.74, 6) is 0.957. The molecule has 1 aromatic carbocycles. The molecule has 5 rings (SSSR count). The summed E-state index contributed by atoms with van der Waals surface area (Å²) in [6.07, 6.45) is 3.39. The fourth-order valence-corrected chi connectivity index (χ4v) is 3.71. The summed E-state index contributed by atoms with van der Waals surface area (Å²) in [4.78, 5) is 19.1. The van der Waals surface area contributed by atoms with E-state index in [0.717, 1.165) is 22.5 Å². The first-order valence-corrected chi connectivity index (χ1v) is 10.6. The van der Waals surface area contributed by atoms with Crippen molar-refractivity contribution in [3.05, 3.63) is 88.0 Å². The van der Waals surface area contributed by atoms with E-state index in [9.17, 15) is 9.18 Å². The molecule has 0 unspecified atom stereocenters. The van der Waals surface area contributed by atoms with Gasteiger partial charge in [0.1, 0.15) is 29.1 Å². The largest absolute Gasteiger partial charge is 0.487 e. The van der Waals surface area contributed by atoms with E-state index in [-0.39, 0.29) is 24.0 Å². The number of pyridine rings is 1. The first kappa shape index (κ1) is 20.9. The second-order valence-corrected chi connectivity index (χ2v) is 8.06. The summed E-state index contributed by atoms with van der Waals surface area (Å²) in [5, 5.41) is 8.52. The molecule has 1 aliphatic rings. The van der Waals surface area contributed by atoms with E-state index < -0.39 is 0 Å². The quantitative estimate of drug-likeness (QED) is 0.448. The normalized spacial score (nSPS) is 13.7. The standard InChI is InChI=1S/C24H22FN5O3/c1-15-3-4-17(10-26-15)24-22(16(2)33-28-24)14-30-23(31)9-19(11-27-30)29-12-21(13-29)32-20-7-5-18(25)6-8-20/h3-11,21H,12-14H2,1-2H3. The van der Waals surface area contributed by atoms with Crippen molar-refractivity contribution in [2.24, 2.45) is 0 Å². The number of aryl methyl sites for hydroxylation is 2. The van der Waals surface area contributed by atoms with Crippen LogP contribution in [0, 0.1) is 19.7 Å². The highest BCUT2D eigenvalue weighted by Crippen LogP contribution is 2.26. The van der Waals surface area contributed by atoms with E-state index in [0.29, 0.717) is 30.3 Å². The lowest BCUT2D eigenvalue weighted by molar-refractivity contribution is 0.167. The molecule has 0 N–H and O–H groups in total. The highest BCUT2D eigenvalue weighted by atomic mass is 19.1. The smallest absolute Gasteiger partial charge is 0.269 e. The van der Waals surface area contributed by atoms with Gasteiger partial charge in [-0.2, -0.15) is 5.10 Å². The van der Waals surface area contributed by atoms with Gasteiger partial charge in [-0.25, -0.2) is 9.07 Å². The topological polar surface area (TPSA) is 86.3 Å². The van der Waals surface area contributed by atoms with Crippen LogP contribution in [-0.2, 0) is 6.54 Å². The van der Waals surface area contributed by atoms with Crippen LogP contribution in [-0.4, -0.2) is 39.1 Å². The van der Waals surface area contributed by atoms with Gasteiger partial charge in [0.15, 0.2) is 0 Å². The van der Waals surface area contributed by atoms with Crippen molar-refractivity contribution in [3.63, 3.8) is 0 Å². The number of benzene rings is 1. The Hall–Kier alpha value is -4.01. The lowest BCUT2D eigenvalue weighted by Gasteiger charge is -2.40. The average molecular weight is 447 g/mol. The second kappa shape index (κ2) is 8.50. The number of anilines is 1. The maximum absolute atomic E-state index is 13.0. The van der Waals surface area contributed by atoms with Gasteiger partial charge in [-0.15, -0.1) is 0 Å². The summed E-state index contributed by atoms with van der Waals surface area (Å²) in [6.45, 7) is 5.22. The van der Waals surface area contributed by atoms with E-state index in [1.165, 1.54) is 16.8 Å². The zero-order valence-electron chi connectivity index (χ0n) is 18.2. The Morgan fingerprint density at radius 2 is 1.91 bits per heavy atom. The third-order valence-corrected chi connectivity index (χ3v) is 5.66. The molecule has 0 saturated carbocycles. The van der Waals surface area contributed by atoms with Crippen LogP contribution < -0.4 is 15.2 Å². The SMILES string of the molecule is Cc1ccc(-c2noc(C)c2Cn2ncc(N3CC(Oc4ccc(F)cc4)C3)cc2=O)cn1. The van der Waals surface area contributed by atoms with Crippen molar-refractivity contribution >= 4 is 5.69 Å². The van der Waals surface area contributed by atoms with Crippen molar-refractivity contribution in [2.75, 3.05) is 18.0 Å². The van der Waals surface area contributed by atoms with Crippen LogP contribution in [0.15, 0.2) is 64.2 Å². The fraction of sp³-hybridized carbons (Fsp3) is 0.250. The molecule has 1 fully saturated rings. The minimum Gasteiger partial charge on any atom is -0.487 e. The predicted molar refractivity (Wildman–Crippen MR) is 120 cm³/mol. The number of hydrogen-bond acceptors (Lipinski definition) is 7. The maximum atomic E-state index is 13.0. The summed E-state index contributed by atoms with van der Waals surface area (Å²) >= 11 is 0. The predicted octanol–water partition coefficient (Wildman–Crippen LogP) is 3.37. The van der Waals surface area contributed by atoms with Crippen molar-refractivity contribution in [3.8, 4) is 17.0 Å². The Kier molecular flexibility index (Phi) is 5.37. The Morgan fingerprint density at radius 1 is 1.12 bits per heavy atom. The summed E-state index contributed by atoms with van der Waals surface area (Å²) < 4.78 is 25.6. The van der Waals surface area contributed by atoms with E-state index in [1.54, 1.807) is 30.6 Å². The number of nitrogens with zero attached hydrogens (tertiary/aromatic N) is 5. The Labute approximate surface area is 189 Å². The number of halogens is 1. The first-order valence-electron chi connectivity index (χ1n) is 10.6. The van der Waals surface area contributed by atoms with Crippen LogP contribution in [0.3, 0.4) is 0 Å². The number of rotatable bonds is 6. The second-order valence-electron chi connectivity index (χ2n) is 8.06. The van der Waals surface area contributed by atoms with E-state index in [2.05, 4.69) is 15.2 Å². The lowest BCUT2D eigenvalue weighted by atomic mass is 10.1. The molecule has 4 heterocycles. The number of hydrogen-bond donors (Lipinski definition) is 0. The van der Waals surface area contributed by atoms with Crippen LogP contribution in [0.25, 0.3) is 11.3 Å². The van der Waals surface area contributed by atoms with Crippen LogP contribution in [0.5, 0.6) is 5.75 Å². The minimum atomic E-state index is -0.298. The fourth-order valence-electron chi connectivity index (χ4n) is 3.71. The molecule has 168 valence electrons. The van der Waals surface area contributed by atoms with Crippen LogP contribution in [0.2, 0.25) is 0 Å². The number of ether oxygens (including phenoxy) is 1. The van der Waals surface area contributed by atoms with Gasteiger partial charge in [-0.3, -0.25) is 9.78 Å². The third-order valence-electron chi connectivity index (χ3n) is 5.66. The molecular formula is C24H22FN5O3. The van der Waals surface area contributed by atoms with E-state index in [4.69, 9.17) is 9.26 Å². The van der Waals surface area contributed by atoms with Crippen LogP contribution >= 0.6 is 0 Å². The van der Waals surface area contributed by atoms with Gasteiger partial charge in [-0.1, -0.05) is 5.16 Å². The molecule has 8 nitrogen and oxygen atoms in total. The Morgan fingerprint density at radius 3 is 2.61 bits per heavy atom. The van der Waals surface area contributed by atoms with Gasteiger partial charge in [-0.05, 0) is 50.2 Å². The van der Waals surface area contributed by atoms with E-state index >= 15 is 0 Å². The van der Waals surface area contributed by atoms with Crippen molar-refractivity contribution < 1.29 is 13.7 Å². The van der Waals surface area contributed by atoms with Gasteiger partial charge in [0.05, 0.1) is 31.5 Å². The van der Waals surface area contributed by atoms with Gasteiger partial charge >= 0.3 is 0 Å². The van der Waals surface area contributed by atoms with Gasteiger partial charge in [0, 0.05) is 29.1 Å². The summed E-state index contributed by atoms with van der Waals surface area (Å²) in [6, 6.07) is 11.3. The van der Waals surface area contributed by atoms with Crippen molar-refractivity contribution in [1.82, 2.24) is 19.9 Å². The van der Waals surface area contributed by atoms with Crippen LogP contribution in [0.1, 0.15) is 17.0 Å². The molecule has 1 aliphatic heterocycles. The molecule has 0 radical (unpaired) electrons. The zero-order valence-corrected chi connectivity index (χ0v) is 18.2. The van der Waals surface area contributed by atoms with Gasteiger partial charge in [0.25, 0.3) is 5.56 Å². The molecule has 0 atom stereocenters. The molecule has 0 bridgehead atoms. The molecule has 4 aromatic rings. The minimum absolute atomic E-state index is 0.0248. The van der Waals surface area contributed by atoms with Crippen molar-refractivity contribution in [1.29, 1.82) is 0 Å². The molecule has 3 aromatic heterocycles. The molecule has 1 saturated heterocycles. The highest BCUT2D eigenvalue weighted by molar-refractivity contribution is 5.62. The monoisotopic (exact) mass is 447 g/mol. The van der Waals surface area contributed by atoms with Crippen LogP contribution in [0.4, 0.5) is 10.1 Å².